The van der Waals surface area contributed by atoms with Crippen LogP contribution in [-0.2, 0) is 4.79 Å². The molecule has 0 radical (unpaired) electrons. The zero-order chi connectivity index (χ0) is 13.8. The van der Waals surface area contributed by atoms with Crippen molar-refractivity contribution in [1.29, 1.82) is 0 Å². The van der Waals surface area contributed by atoms with Crippen LogP contribution in [0.5, 0.6) is 0 Å². The Kier molecular flexibility index (Phi) is 4.59. The van der Waals surface area contributed by atoms with Crippen molar-refractivity contribution in [3.63, 3.8) is 0 Å². The third-order valence-electron chi connectivity index (χ3n) is 3.73. The van der Waals surface area contributed by atoms with E-state index in [2.05, 4.69) is 10.6 Å². The molecule has 0 aromatic heterocycles. The van der Waals surface area contributed by atoms with E-state index in [9.17, 15) is 14.7 Å². The van der Waals surface area contributed by atoms with Crippen molar-refractivity contribution in [2.75, 3.05) is 0 Å². The summed E-state index contributed by atoms with van der Waals surface area (Å²) in [5, 5.41) is 14.7. The Balaban J connectivity index is 2.59. The molecule has 1 aliphatic rings. The van der Waals surface area contributed by atoms with Crippen molar-refractivity contribution in [3.8, 4) is 0 Å². The molecule has 0 aromatic carbocycles. The number of carbonyl (C=O) groups excluding carboxylic acids is 1. The molecule has 0 heterocycles. The fourth-order valence-corrected chi connectivity index (χ4v) is 2.56. The predicted octanol–water partition coefficient (Wildman–Crippen LogP) is 2.26. The number of carbonyl (C=O) groups is 2. The molecule has 1 unspecified atom stereocenters. The maximum Gasteiger partial charge on any atom is 0.329 e. The Hall–Kier alpha value is -1.26. The third-order valence-corrected chi connectivity index (χ3v) is 3.73. The molecule has 1 fully saturated rings. The zero-order valence-corrected chi connectivity index (χ0v) is 11.5. The fourth-order valence-electron chi connectivity index (χ4n) is 2.56. The minimum atomic E-state index is -1.19. The Morgan fingerprint density at radius 2 is 1.89 bits per heavy atom. The number of aliphatic carboxylic acids is 1. The summed E-state index contributed by atoms with van der Waals surface area (Å²) in [5.74, 6) is -0.990. The van der Waals surface area contributed by atoms with Crippen LogP contribution in [0, 0.1) is 0 Å². The predicted molar refractivity (Wildman–Crippen MR) is 69.5 cm³/mol. The molecule has 1 atom stereocenters. The normalized spacial score (nSPS) is 21.1. The molecule has 3 N–H and O–H groups in total. The lowest BCUT2D eigenvalue weighted by atomic mass is 9.96. The van der Waals surface area contributed by atoms with Gasteiger partial charge in [-0.15, -0.1) is 0 Å². The Morgan fingerprint density at radius 3 is 2.33 bits per heavy atom. The summed E-state index contributed by atoms with van der Waals surface area (Å²) in [6.07, 6.45) is 5.27. The average molecular weight is 256 g/mol. The van der Waals surface area contributed by atoms with Crippen molar-refractivity contribution < 1.29 is 14.7 Å². The topological polar surface area (TPSA) is 78.4 Å². The second-order valence-corrected chi connectivity index (χ2v) is 5.73. The summed E-state index contributed by atoms with van der Waals surface area (Å²) in [6.45, 7) is 5.46. The van der Waals surface area contributed by atoms with Gasteiger partial charge in [-0.2, -0.15) is 0 Å². The number of hydrogen-bond acceptors (Lipinski definition) is 2. The standard InChI is InChI=1S/C13H24N2O3/c1-4-7-13(3,10(16)17)15-11(18)14-12(2)8-5-6-9-12/h4-9H2,1-3H3,(H,16,17)(H2,14,15,18). The fraction of sp³-hybridized carbons (Fsp3) is 0.846. The lowest BCUT2D eigenvalue weighted by Crippen LogP contribution is -2.58. The van der Waals surface area contributed by atoms with Gasteiger partial charge in [-0.1, -0.05) is 26.2 Å². The van der Waals surface area contributed by atoms with Gasteiger partial charge < -0.3 is 15.7 Å². The quantitative estimate of drug-likeness (QED) is 0.706. The number of urea groups is 1. The van der Waals surface area contributed by atoms with Gasteiger partial charge in [0.2, 0.25) is 0 Å². The molecule has 1 saturated carbocycles. The van der Waals surface area contributed by atoms with Crippen LogP contribution in [0.2, 0.25) is 0 Å². The Labute approximate surface area is 108 Å². The number of nitrogens with one attached hydrogen (secondary N) is 2. The van der Waals surface area contributed by atoms with E-state index in [-0.39, 0.29) is 11.6 Å². The van der Waals surface area contributed by atoms with Gasteiger partial charge in [0.05, 0.1) is 0 Å². The highest BCUT2D eigenvalue weighted by Crippen LogP contribution is 2.28. The molecular weight excluding hydrogens is 232 g/mol. The Bertz CT molecular complexity index is 324. The van der Waals surface area contributed by atoms with Crippen LogP contribution >= 0.6 is 0 Å². The molecule has 0 bridgehead atoms. The molecule has 0 spiro atoms. The van der Waals surface area contributed by atoms with Gasteiger partial charge in [0.1, 0.15) is 5.54 Å². The molecule has 5 heteroatoms. The first-order chi connectivity index (χ1) is 8.31. The van der Waals surface area contributed by atoms with Crippen LogP contribution in [0.25, 0.3) is 0 Å². The first kappa shape index (κ1) is 14.8. The maximum atomic E-state index is 11.9. The molecule has 0 aliphatic heterocycles. The lowest BCUT2D eigenvalue weighted by Gasteiger charge is -2.30. The Morgan fingerprint density at radius 1 is 1.33 bits per heavy atom. The van der Waals surface area contributed by atoms with Crippen LogP contribution in [0.4, 0.5) is 4.79 Å². The van der Waals surface area contributed by atoms with E-state index in [0.29, 0.717) is 12.8 Å². The van der Waals surface area contributed by atoms with E-state index in [1.807, 2.05) is 13.8 Å². The minimum absolute atomic E-state index is 0.185. The van der Waals surface area contributed by atoms with Gasteiger partial charge in [0.15, 0.2) is 0 Å². The molecule has 0 aromatic rings. The SMILES string of the molecule is CCCC(C)(NC(=O)NC1(C)CCCC1)C(=O)O. The van der Waals surface area contributed by atoms with E-state index in [4.69, 9.17) is 0 Å². The van der Waals surface area contributed by atoms with Crippen LogP contribution in [0.1, 0.15) is 59.3 Å². The van der Waals surface area contributed by atoms with Crippen molar-refractivity contribution in [3.05, 3.63) is 0 Å². The molecule has 2 amide bonds. The number of rotatable bonds is 5. The lowest BCUT2D eigenvalue weighted by molar-refractivity contribution is -0.144. The summed E-state index contributed by atoms with van der Waals surface area (Å²) < 4.78 is 0. The van der Waals surface area contributed by atoms with Crippen molar-refractivity contribution in [1.82, 2.24) is 10.6 Å². The largest absolute Gasteiger partial charge is 0.480 e. The van der Waals surface area contributed by atoms with Gasteiger partial charge in [0.25, 0.3) is 0 Å². The highest BCUT2D eigenvalue weighted by atomic mass is 16.4. The van der Waals surface area contributed by atoms with Crippen LogP contribution in [-0.4, -0.2) is 28.2 Å². The van der Waals surface area contributed by atoms with Crippen molar-refractivity contribution in [2.24, 2.45) is 0 Å². The van der Waals surface area contributed by atoms with Crippen LogP contribution in [0.15, 0.2) is 0 Å². The minimum Gasteiger partial charge on any atom is -0.480 e. The number of hydrogen-bond donors (Lipinski definition) is 3. The monoisotopic (exact) mass is 256 g/mol. The first-order valence-electron chi connectivity index (χ1n) is 6.65. The summed E-state index contributed by atoms with van der Waals surface area (Å²) in [4.78, 5) is 23.1. The molecule has 1 aliphatic carbocycles. The first-order valence-corrected chi connectivity index (χ1v) is 6.65. The van der Waals surface area contributed by atoms with E-state index in [0.717, 1.165) is 25.7 Å². The summed E-state index contributed by atoms with van der Waals surface area (Å²) in [6, 6.07) is -0.377. The maximum absolute atomic E-state index is 11.9. The van der Waals surface area contributed by atoms with E-state index >= 15 is 0 Å². The van der Waals surface area contributed by atoms with Crippen LogP contribution < -0.4 is 10.6 Å². The van der Waals surface area contributed by atoms with Gasteiger partial charge in [-0.05, 0) is 33.1 Å². The second kappa shape index (κ2) is 5.59. The van der Waals surface area contributed by atoms with Gasteiger partial charge in [-0.3, -0.25) is 0 Å². The molecule has 0 saturated heterocycles. The number of carboxylic acid groups (broad SMARTS) is 1. The summed E-state index contributed by atoms with van der Waals surface area (Å²) >= 11 is 0. The third kappa shape index (κ3) is 3.62. The highest BCUT2D eigenvalue weighted by Gasteiger charge is 2.36. The zero-order valence-electron chi connectivity index (χ0n) is 11.5. The molecule has 5 nitrogen and oxygen atoms in total. The van der Waals surface area contributed by atoms with E-state index in [1.54, 1.807) is 6.92 Å². The van der Waals surface area contributed by atoms with Gasteiger partial charge in [-0.25, -0.2) is 9.59 Å². The van der Waals surface area contributed by atoms with E-state index in [1.165, 1.54) is 0 Å². The molecular formula is C13H24N2O3. The highest BCUT2D eigenvalue weighted by molar-refractivity contribution is 5.86. The molecule has 104 valence electrons. The van der Waals surface area contributed by atoms with Crippen molar-refractivity contribution >= 4 is 12.0 Å². The molecule has 18 heavy (non-hydrogen) atoms. The average Bonchev–Trinajstić information content (AvgIpc) is 2.64. The smallest absolute Gasteiger partial charge is 0.329 e. The van der Waals surface area contributed by atoms with Gasteiger partial charge in [0, 0.05) is 5.54 Å². The molecule has 1 rings (SSSR count). The number of amides is 2. The summed E-state index contributed by atoms with van der Waals surface area (Å²) in [5.41, 5.74) is -1.37. The van der Waals surface area contributed by atoms with Gasteiger partial charge >= 0.3 is 12.0 Å². The number of carboxylic acids is 1. The van der Waals surface area contributed by atoms with Crippen LogP contribution in [0.3, 0.4) is 0 Å². The summed E-state index contributed by atoms with van der Waals surface area (Å²) in [7, 11) is 0. The van der Waals surface area contributed by atoms with E-state index < -0.39 is 11.5 Å². The van der Waals surface area contributed by atoms with Crippen molar-refractivity contribution in [2.45, 2.75) is 70.4 Å². The second-order valence-electron chi connectivity index (χ2n) is 5.73.